The van der Waals surface area contributed by atoms with Gasteiger partial charge < -0.3 is 0 Å². The van der Waals surface area contributed by atoms with Gasteiger partial charge in [0.25, 0.3) is 0 Å². The lowest BCUT2D eigenvalue weighted by Gasteiger charge is -2.39. The van der Waals surface area contributed by atoms with Crippen molar-refractivity contribution in [3.05, 3.63) is 76.9 Å². The summed E-state index contributed by atoms with van der Waals surface area (Å²) in [4.78, 5) is 14.5. The summed E-state index contributed by atoms with van der Waals surface area (Å²) in [6.07, 6.45) is 4.59. The van der Waals surface area contributed by atoms with Gasteiger partial charge in [-0.3, -0.25) is 9.69 Å². The number of carbonyl (C=O) groups is 1. The van der Waals surface area contributed by atoms with Crippen molar-refractivity contribution in [2.24, 2.45) is 5.92 Å². The second-order valence-electron chi connectivity index (χ2n) is 7.69. The average molecular weight is 348 g/mol. The number of likely N-dealkylation sites (N-methyl/N-ethyl adjacent to an activating group) is 1. The molecule has 0 amide bonds. The van der Waals surface area contributed by atoms with E-state index in [-0.39, 0.29) is 0 Å². The summed E-state index contributed by atoms with van der Waals surface area (Å²) in [5.41, 5.74) is 6.47. The summed E-state index contributed by atoms with van der Waals surface area (Å²) < 4.78 is 0. The maximum Gasteiger partial charge on any atom is 0.147 e. The Bertz CT molecular complexity index is 790. The van der Waals surface area contributed by atoms with Crippen LogP contribution >= 0.6 is 0 Å². The van der Waals surface area contributed by atoms with Gasteiger partial charge >= 0.3 is 0 Å². The molecule has 2 nitrogen and oxygen atoms in total. The minimum absolute atomic E-state index is 0.319. The maximum atomic E-state index is 12.2. The molecular weight excluding hydrogens is 318 g/mol. The van der Waals surface area contributed by atoms with Crippen LogP contribution in [0.4, 0.5) is 0 Å². The Kier molecular flexibility index (Phi) is 5.73. The zero-order valence-electron chi connectivity index (χ0n) is 16.2. The van der Waals surface area contributed by atoms with E-state index in [1.54, 1.807) is 0 Å². The van der Waals surface area contributed by atoms with E-state index >= 15 is 0 Å². The lowest BCUT2D eigenvalue weighted by molar-refractivity contribution is -0.125. The van der Waals surface area contributed by atoms with Gasteiger partial charge in [0, 0.05) is 12.5 Å². The molecule has 136 valence electrons. The SMILES string of the molecule is C=Cc1ccc(CCC2CC(=O)CN(C)C2c2ccc(C)c(C)c2)cc1. The third-order valence-electron chi connectivity index (χ3n) is 5.73. The van der Waals surface area contributed by atoms with Crippen molar-refractivity contribution in [2.75, 3.05) is 13.6 Å². The van der Waals surface area contributed by atoms with Crippen LogP contribution in [0.15, 0.2) is 49.0 Å². The Labute approximate surface area is 157 Å². The molecule has 1 saturated heterocycles. The number of benzene rings is 2. The quantitative estimate of drug-likeness (QED) is 0.746. The Morgan fingerprint density at radius 1 is 1.12 bits per heavy atom. The number of rotatable bonds is 5. The molecule has 2 aromatic carbocycles. The highest BCUT2D eigenvalue weighted by molar-refractivity contribution is 5.81. The van der Waals surface area contributed by atoms with Crippen LogP contribution in [-0.2, 0) is 11.2 Å². The molecule has 1 heterocycles. The molecule has 1 aliphatic rings. The number of aryl methyl sites for hydroxylation is 3. The molecule has 26 heavy (non-hydrogen) atoms. The van der Waals surface area contributed by atoms with Crippen molar-refractivity contribution in [1.82, 2.24) is 4.90 Å². The van der Waals surface area contributed by atoms with Crippen LogP contribution in [0.3, 0.4) is 0 Å². The third kappa shape index (κ3) is 4.13. The summed E-state index contributed by atoms with van der Waals surface area (Å²) in [5.74, 6) is 0.724. The van der Waals surface area contributed by atoms with Gasteiger partial charge in [-0.25, -0.2) is 0 Å². The van der Waals surface area contributed by atoms with Crippen LogP contribution < -0.4 is 0 Å². The molecule has 3 rings (SSSR count). The van der Waals surface area contributed by atoms with E-state index in [2.05, 4.69) is 74.8 Å². The normalized spacial score (nSPS) is 21.0. The molecule has 0 aromatic heterocycles. The van der Waals surface area contributed by atoms with Crippen LogP contribution in [0.2, 0.25) is 0 Å². The van der Waals surface area contributed by atoms with Gasteiger partial charge in [-0.2, -0.15) is 0 Å². The van der Waals surface area contributed by atoms with Gasteiger partial charge in [-0.05, 0) is 67.5 Å². The first-order chi connectivity index (χ1) is 12.5. The predicted molar refractivity (Wildman–Crippen MR) is 109 cm³/mol. The highest BCUT2D eigenvalue weighted by Crippen LogP contribution is 2.37. The van der Waals surface area contributed by atoms with E-state index in [0.717, 1.165) is 18.4 Å². The smallest absolute Gasteiger partial charge is 0.147 e. The van der Waals surface area contributed by atoms with E-state index in [0.29, 0.717) is 30.7 Å². The molecule has 0 N–H and O–H groups in total. The van der Waals surface area contributed by atoms with Crippen molar-refractivity contribution < 1.29 is 4.79 Å². The van der Waals surface area contributed by atoms with Gasteiger partial charge in [0.2, 0.25) is 0 Å². The van der Waals surface area contributed by atoms with Crippen molar-refractivity contribution >= 4 is 11.9 Å². The van der Waals surface area contributed by atoms with Crippen molar-refractivity contribution in [3.8, 4) is 0 Å². The van der Waals surface area contributed by atoms with Gasteiger partial charge in [0.1, 0.15) is 5.78 Å². The topological polar surface area (TPSA) is 20.3 Å². The Balaban J connectivity index is 1.79. The summed E-state index contributed by atoms with van der Waals surface area (Å²) in [6, 6.07) is 15.7. The summed E-state index contributed by atoms with van der Waals surface area (Å²) in [7, 11) is 2.09. The zero-order valence-corrected chi connectivity index (χ0v) is 16.2. The van der Waals surface area contributed by atoms with Gasteiger partial charge in [0.15, 0.2) is 0 Å². The van der Waals surface area contributed by atoms with Crippen LogP contribution in [0.1, 0.15) is 46.7 Å². The molecule has 2 heteroatoms. The average Bonchev–Trinajstić information content (AvgIpc) is 2.62. The van der Waals surface area contributed by atoms with Crippen molar-refractivity contribution in [2.45, 2.75) is 39.2 Å². The number of piperidine rings is 1. The first-order valence-corrected chi connectivity index (χ1v) is 9.48. The van der Waals surface area contributed by atoms with Gasteiger partial charge in [-0.15, -0.1) is 0 Å². The number of hydrogen-bond acceptors (Lipinski definition) is 2. The molecule has 1 fully saturated rings. The van der Waals surface area contributed by atoms with E-state index in [9.17, 15) is 4.79 Å². The highest BCUT2D eigenvalue weighted by atomic mass is 16.1. The number of nitrogens with zero attached hydrogens (tertiary/aromatic N) is 1. The fourth-order valence-electron chi connectivity index (χ4n) is 4.11. The van der Waals surface area contributed by atoms with Crippen LogP contribution in [-0.4, -0.2) is 24.3 Å². The first-order valence-electron chi connectivity index (χ1n) is 9.48. The predicted octanol–water partition coefficient (Wildman–Crippen LogP) is 5.14. The Morgan fingerprint density at radius 2 is 1.85 bits per heavy atom. The largest absolute Gasteiger partial charge is 0.298 e. The number of carbonyl (C=O) groups excluding carboxylic acids is 1. The lowest BCUT2D eigenvalue weighted by Crippen LogP contribution is -2.41. The third-order valence-corrected chi connectivity index (χ3v) is 5.73. The molecule has 2 unspecified atom stereocenters. The van der Waals surface area contributed by atoms with Crippen molar-refractivity contribution in [1.29, 1.82) is 0 Å². The molecule has 0 saturated carbocycles. The minimum atomic E-state index is 0.319. The lowest BCUT2D eigenvalue weighted by atomic mass is 9.80. The van der Waals surface area contributed by atoms with Crippen molar-refractivity contribution in [3.63, 3.8) is 0 Å². The Morgan fingerprint density at radius 3 is 2.50 bits per heavy atom. The summed E-state index contributed by atoms with van der Waals surface area (Å²) in [6.45, 7) is 8.69. The summed E-state index contributed by atoms with van der Waals surface area (Å²) >= 11 is 0. The molecule has 0 bridgehead atoms. The van der Waals surface area contributed by atoms with Gasteiger partial charge in [0.05, 0.1) is 6.54 Å². The number of likely N-dealkylation sites (tertiary alicyclic amines) is 1. The second-order valence-corrected chi connectivity index (χ2v) is 7.69. The van der Waals surface area contributed by atoms with E-state index < -0.39 is 0 Å². The van der Waals surface area contributed by atoms with E-state index in [1.807, 2.05) is 6.08 Å². The molecular formula is C24H29NO. The fourth-order valence-corrected chi connectivity index (χ4v) is 4.11. The number of ketones is 1. The highest BCUT2D eigenvalue weighted by Gasteiger charge is 2.34. The van der Waals surface area contributed by atoms with Crippen LogP contribution in [0, 0.1) is 19.8 Å². The number of hydrogen-bond donors (Lipinski definition) is 0. The fraction of sp³-hybridized carbons (Fsp3) is 0.375. The zero-order chi connectivity index (χ0) is 18.7. The monoisotopic (exact) mass is 347 g/mol. The molecule has 0 spiro atoms. The molecule has 1 aliphatic heterocycles. The summed E-state index contributed by atoms with van der Waals surface area (Å²) in [5, 5.41) is 0. The number of Topliss-reactive ketones (excluding diaryl/α,β-unsaturated/α-hetero) is 1. The van der Waals surface area contributed by atoms with E-state index in [1.165, 1.54) is 22.3 Å². The van der Waals surface area contributed by atoms with Crippen LogP contribution in [0.5, 0.6) is 0 Å². The molecule has 0 radical (unpaired) electrons. The Hall–Kier alpha value is -2.19. The standard InChI is InChI=1S/C24H29NO/c1-5-19-7-9-20(10-8-19)11-13-22-15-23(26)16-25(4)24(22)21-12-6-17(2)18(3)14-21/h5-10,12,14,22,24H,1,11,13,15-16H2,2-4H3. The maximum absolute atomic E-state index is 12.2. The van der Waals surface area contributed by atoms with Crippen LogP contribution in [0.25, 0.3) is 6.08 Å². The molecule has 2 aromatic rings. The molecule has 0 aliphatic carbocycles. The molecule has 2 atom stereocenters. The van der Waals surface area contributed by atoms with E-state index in [4.69, 9.17) is 0 Å². The van der Waals surface area contributed by atoms with Gasteiger partial charge in [-0.1, -0.05) is 55.1 Å². The first kappa shape index (κ1) is 18.6. The minimum Gasteiger partial charge on any atom is -0.298 e. The second kappa shape index (κ2) is 8.01.